The van der Waals surface area contributed by atoms with Crippen LogP contribution >= 0.6 is 0 Å². The summed E-state index contributed by atoms with van der Waals surface area (Å²) in [7, 11) is 0. The van der Waals surface area contributed by atoms with E-state index < -0.39 is 35.1 Å². The molecule has 0 aliphatic heterocycles. The van der Waals surface area contributed by atoms with Crippen molar-refractivity contribution in [3.8, 4) is 5.75 Å². The van der Waals surface area contributed by atoms with Gasteiger partial charge >= 0.3 is 11.9 Å². The summed E-state index contributed by atoms with van der Waals surface area (Å²) in [5.74, 6) is -7.95. The van der Waals surface area contributed by atoms with E-state index >= 15 is 0 Å². The second-order valence-corrected chi connectivity index (χ2v) is 4.01. The van der Waals surface area contributed by atoms with E-state index in [2.05, 4.69) is 4.74 Å². The van der Waals surface area contributed by atoms with Gasteiger partial charge in [-0.2, -0.15) is 8.78 Å². The molecule has 0 spiro atoms. The minimum Gasteiger partial charge on any atom is -0.505 e. The van der Waals surface area contributed by atoms with Crippen molar-refractivity contribution in [3.63, 3.8) is 0 Å². The number of nitrogens with two attached hydrogens (primary N) is 1. The Labute approximate surface area is 108 Å². The summed E-state index contributed by atoms with van der Waals surface area (Å²) in [4.78, 5) is 11.1. The number of aromatic hydroxyl groups is 1. The third-order valence-corrected chi connectivity index (χ3v) is 2.51. The lowest BCUT2D eigenvalue weighted by molar-refractivity contribution is -0.174. The van der Waals surface area contributed by atoms with Gasteiger partial charge in [-0.05, 0) is 25.5 Å². The second-order valence-electron chi connectivity index (χ2n) is 4.01. The summed E-state index contributed by atoms with van der Waals surface area (Å²) in [5.41, 5.74) is 5.01. The maximum atomic E-state index is 13.7. The lowest BCUT2D eigenvalue weighted by Crippen LogP contribution is -2.41. The molecule has 0 aliphatic carbocycles. The van der Waals surface area contributed by atoms with Gasteiger partial charge < -0.3 is 15.6 Å². The Morgan fingerprint density at radius 3 is 2.63 bits per heavy atom. The van der Waals surface area contributed by atoms with Gasteiger partial charge in [-0.25, -0.2) is 9.18 Å². The fourth-order valence-electron chi connectivity index (χ4n) is 1.55. The minimum atomic E-state index is -4.06. The number of phenols is 1. The molecule has 19 heavy (non-hydrogen) atoms. The van der Waals surface area contributed by atoms with Crippen molar-refractivity contribution >= 4 is 5.97 Å². The molecule has 0 heterocycles. The van der Waals surface area contributed by atoms with Crippen molar-refractivity contribution in [3.05, 3.63) is 29.1 Å². The SMILES string of the molecule is CCOC(=O)C(F)(F)[C@H](N)c1cc(C)cc(F)c1O. The summed E-state index contributed by atoms with van der Waals surface area (Å²) in [6.45, 7) is 2.57. The highest BCUT2D eigenvalue weighted by Crippen LogP contribution is 2.36. The van der Waals surface area contributed by atoms with Crippen LogP contribution in [0.3, 0.4) is 0 Å². The van der Waals surface area contributed by atoms with Crippen molar-refractivity contribution in [2.24, 2.45) is 5.73 Å². The quantitative estimate of drug-likeness (QED) is 0.826. The smallest absolute Gasteiger partial charge is 0.379 e. The Bertz CT molecular complexity index is 491. The molecule has 1 atom stereocenters. The van der Waals surface area contributed by atoms with E-state index in [1.54, 1.807) is 0 Å². The average molecular weight is 277 g/mol. The number of ether oxygens (including phenoxy) is 1. The fourth-order valence-corrected chi connectivity index (χ4v) is 1.55. The Morgan fingerprint density at radius 1 is 1.53 bits per heavy atom. The number of alkyl halides is 2. The molecule has 1 aromatic carbocycles. The number of benzene rings is 1. The van der Waals surface area contributed by atoms with Crippen molar-refractivity contribution in [1.82, 2.24) is 0 Å². The van der Waals surface area contributed by atoms with Gasteiger partial charge in [0.1, 0.15) is 6.04 Å². The van der Waals surface area contributed by atoms with Crippen molar-refractivity contribution in [1.29, 1.82) is 0 Å². The van der Waals surface area contributed by atoms with Gasteiger partial charge in [0.25, 0.3) is 0 Å². The first-order valence-electron chi connectivity index (χ1n) is 5.51. The van der Waals surface area contributed by atoms with Crippen LogP contribution < -0.4 is 5.73 Å². The molecule has 0 radical (unpaired) electrons. The number of rotatable bonds is 4. The van der Waals surface area contributed by atoms with Crippen LogP contribution in [-0.4, -0.2) is 23.6 Å². The molecule has 0 fully saturated rings. The molecule has 0 bridgehead atoms. The second kappa shape index (κ2) is 5.48. The van der Waals surface area contributed by atoms with Crippen molar-refractivity contribution in [2.45, 2.75) is 25.8 Å². The number of esters is 1. The van der Waals surface area contributed by atoms with Crippen LogP contribution in [0.4, 0.5) is 13.2 Å². The molecule has 0 unspecified atom stereocenters. The predicted octanol–water partition coefficient (Wildman–Crippen LogP) is 2.04. The van der Waals surface area contributed by atoms with Gasteiger partial charge in [0.2, 0.25) is 0 Å². The molecule has 4 nitrogen and oxygen atoms in total. The van der Waals surface area contributed by atoms with Crippen LogP contribution in [0, 0.1) is 12.7 Å². The predicted molar refractivity (Wildman–Crippen MR) is 61.3 cm³/mol. The molecule has 0 aliphatic rings. The summed E-state index contributed by atoms with van der Waals surface area (Å²) < 4.78 is 44.9. The summed E-state index contributed by atoms with van der Waals surface area (Å²) in [5, 5.41) is 9.43. The third-order valence-electron chi connectivity index (χ3n) is 2.51. The Hall–Kier alpha value is -1.76. The number of hydrogen-bond donors (Lipinski definition) is 2. The zero-order chi connectivity index (χ0) is 14.8. The molecule has 0 saturated heterocycles. The van der Waals surface area contributed by atoms with E-state index in [1.165, 1.54) is 13.8 Å². The van der Waals surface area contributed by atoms with Crippen LogP contribution in [-0.2, 0) is 9.53 Å². The maximum absolute atomic E-state index is 13.7. The number of carbonyl (C=O) groups is 1. The van der Waals surface area contributed by atoms with Gasteiger partial charge in [0, 0.05) is 5.56 Å². The molecule has 1 aromatic rings. The largest absolute Gasteiger partial charge is 0.505 e. The van der Waals surface area contributed by atoms with Crippen LogP contribution in [0.1, 0.15) is 24.1 Å². The van der Waals surface area contributed by atoms with Gasteiger partial charge in [-0.1, -0.05) is 6.07 Å². The summed E-state index contributed by atoms with van der Waals surface area (Å²) in [6.07, 6.45) is 0. The molecular weight excluding hydrogens is 263 g/mol. The molecule has 106 valence electrons. The Kier molecular flexibility index (Phi) is 4.41. The van der Waals surface area contributed by atoms with E-state index in [1.807, 2.05) is 0 Å². The van der Waals surface area contributed by atoms with Gasteiger partial charge in [-0.15, -0.1) is 0 Å². The van der Waals surface area contributed by atoms with E-state index in [0.717, 1.165) is 12.1 Å². The van der Waals surface area contributed by atoms with E-state index in [9.17, 15) is 23.1 Å². The van der Waals surface area contributed by atoms with Gasteiger partial charge in [0.15, 0.2) is 11.6 Å². The minimum absolute atomic E-state index is 0.241. The average Bonchev–Trinajstić information content (AvgIpc) is 2.33. The monoisotopic (exact) mass is 277 g/mol. The Balaban J connectivity index is 3.19. The molecule has 0 saturated carbocycles. The zero-order valence-electron chi connectivity index (χ0n) is 10.4. The van der Waals surface area contributed by atoms with Crippen LogP contribution in [0.25, 0.3) is 0 Å². The van der Waals surface area contributed by atoms with Crippen LogP contribution in [0.15, 0.2) is 12.1 Å². The highest BCUT2D eigenvalue weighted by atomic mass is 19.3. The topological polar surface area (TPSA) is 72.5 Å². The van der Waals surface area contributed by atoms with E-state index in [-0.39, 0.29) is 6.61 Å². The number of carbonyl (C=O) groups excluding carboxylic acids is 1. The highest BCUT2D eigenvalue weighted by Gasteiger charge is 2.48. The number of phenolic OH excluding ortho intramolecular Hbond substituents is 1. The fraction of sp³-hybridized carbons (Fsp3) is 0.417. The van der Waals surface area contributed by atoms with E-state index in [0.29, 0.717) is 5.56 Å². The standard InChI is InChI=1S/C12H14F3NO3/c1-3-19-11(18)12(14,15)10(16)7-4-6(2)5-8(13)9(7)17/h4-5,10,17H,3,16H2,1-2H3/t10-/m1/s1. The summed E-state index contributed by atoms with van der Waals surface area (Å²) >= 11 is 0. The number of halogens is 3. The molecule has 7 heteroatoms. The first-order chi connectivity index (χ1) is 8.71. The van der Waals surface area contributed by atoms with Crippen molar-refractivity contribution < 1.29 is 27.8 Å². The van der Waals surface area contributed by atoms with Gasteiger partial charge in [-0.3, -0.25) is 0 Å². The van der Waals surface area contributed by atoms with E-state index in [4.69, 9.17) is 5.73 Å². The first-order valence-corrected chi connectivity index (χ1v) is 5.51. The number of aryl methyl sites for hydroxylation is 1. The number of hydrogen-bond acceptors (Lipinski definition) is 4. The molecule has 0 aromatic heterocycles. The van der Waals surface area contributed by atoms with Gasteiger partial charge in [0.05, 0.1) is 6.61 Å². The Morgan fingerprint density at radius 2 is 2.11 bits per heavy atom. The van der Waals surface area contributed by atoms with Crippen molar-refractivity contribution in [2.75, 3.05) is 6.61 Å². The molecule has 3 N–H and O–H groups in total. The zero-order valence-corrected chi connectivity index (χ0v) is 10.4. The molecule has 0 amide bonds. The lowest BCUT2D eigenvalue weighted by atomic mass is 9.98. The first kappa shape index (κ1) is 15.3. The lowest BCUT2D eigenvalue weighted by Gasteiger charge is -2.23. The highest BCUT2D eigenvalue weighted by molar-refractivity contribution is 5.79. The normalized spacial score (nSPS) is 13.2. The third kappa shape index (κ3) is 2.98. The summed E-state index contributed by atoms with van der Waals surface area (Å²) in [6, 6.07) is -0.134. The molecular formula is C12H14F3NO3. The molecule has 1 rings (SSSR count). The maximum Gasteiger partial charge on any atom is 0.379 e. The van der Waals surface area contributed by atoms with Crippen LogP contribution in [0.2, 0.25) is 0 Å². The van der Waals surface area contributed by atoms with Crippen LogP contribution in [0.5, 0.6) is 5.75 Å².